The van der Waals surface area contributed by atoms with E-state index in [4.69, 9.17) is 22.1 Å². The van der Waals surface area contributed by atoms with Gasteiger partial charge in [-0.15, -0.1) is 0 Å². The van der Waals surface area contributed by atoms with E-state index >= 15 is 0 Å². The van der Waals surface area contributed by atoms with Gasteiger partial charge in [-0.05, 0) is 25.3 Å². The van der Waals surface area contributed by atoms with Crippen molar-refractivity contribution >= 4 is 23.2 Å². The Morgan fingerprint density at radius 2 is 2.45 bits per heavy atom. The molecular formula is C14H20ClN3O2. The van der Waals surface area contributed by atoms with Gasteiger partial charge in [0.2, 0.25) is 0 Å². The molecule has 5 nitrogen and oxygen atoms in total. The fraction of sp³-hybridized carbons (Fsp3) is 0.571. The van der Waals surface area contributed by atoms with Crippen LogP contribution >= 0.6 is 11.6 Å². The summed E-state index contributed by atoms with van der Waals surface area (Å²) in [6.07, 6.45) is 4.46. The SMILES string of the molecule is CCCOC1CCCN(C(=O)c2cc(Cl)ncc2N)C1. The molecule has 1 saturated heterocycles. The molecule has 1 aliphatic heterocycles. The van der Waals surface area contributed by atoms with Crippen molar-refractivity contribution in [3.8, 4) is 0 Å². The molecule has 1 aromatic heterocycles. The molecule has 6 heteroatoms. The molecule has 20 heavy (non-hydrogen) atoms. The second-order valence-electron chi connectivity index (χ2n) is 4.98. The van der Waals surface area contributed by atoms with Crippen LogP contribution in [0.1, 0.15) is 36.5 Å². The summed E-state index contributed by atoms with van der Waals surface area (Å²) < 4.78 is 5.74. The summed E-state index contributed by atoms with van der Waals surface area (Å²) in [5, 5.41) is 0.276. The van der Waals surface area contributed by atoms with Crippen molar-refractivity contribution in [1.29, 1.82) is 0 Å². The predicted octanol–water partition coefficient (Wildman–Crippen LogP) is 2.35. The molecule has 2 heterocycles. The molecule has 110 valence electrons. The topological polar surface area (TPSA) is 68.5 Å². The van der Waals surface area contributed by atoms with E-state index in [0.29, 0.717) is 17.8 Å². The number of anilines is 1. The third kappa shape index (κ3) is 3.61. The van der Waals surface area contributed by atoms with Gasteiger partial charge in [0.1, 0.15) is 5.15 Å². The molecule has 1 aliphatic rings. The van der Waals surface area contributed by atoms with Gasteiger partial charge in [0.25, 0.3) is 5.91 Å². The van der Waals surface area contributed by atoms with E-state index in [1.807, 2.05) is 0 Å². The van der Waals surface area contributed by atoms with Gasteiger partial charge in [-0.25, -0.2) is 4.98 Å². The molecule has 2 rings (SSSR count). The fourth-order valence-electron chi connectivity index (χ4n) is 2.34. The average Bonchev–Trinajstić information content (AvgIpc) is 2.47. The Labute approximate surface area is 124 Å². The van der Waals surface area contributed by atoms with Crippen LogP contribution in [-0.4, -0.2) is 41.6 Å². The maximum absolute atomic E-state index is 12.5. The highest BCUT2D eigenvalue weighted by Gasteiger charge is 2.26. The summed E-state index contributed by atoms with van der Waals surface area (Å²) in [5.74, 6) is -0.100. The Balaban J connectivity index is 2.06. The van der Waals surface area contributed by atoms with Gasteiger partial charge < -0.3 is 15.4 Å². The van der Waals surface area contributed by atoms with Gasteiger partial charge in [-0.3, -0.25) is 4.79 Å². The van der Waals surface area contributed by atoms with Crippen LogP contribution in [0, 0.1) is 0 Å². The first-order chi connectivity index (χ1) is 9.61. The lowest BCUT2D eigenvalue weighted by Gasteiger charge is -2.33. The van der Waals surface area contributed by atoms with E-state index in [1.165, 1.54) is 12.3 Å². The maximum atomic E-state index is 12.5. The first-order valence-corrected chi connectivity index (χ1v) is 7.31. The van der Waals surface area contributed by atoms with Gasteiger partial charge >= 0.3 is 0 Å². The van der Waals surface area contributed by atoms with Crippen molar-refractivity contribution in [3.63, 3.8) is 0 Å². The number of piperidine rings is 1. The zero-order valence-electron chi connectivity index (χ0n) is 11.6. The number of nitrogens with two attached hydrogens (primary N) is 1. The second-order valence-corrected chi connectivity index (χ2v) is 5.37. The van der Waals surface area contributed by atoms with Crippen LogP contribution in [0.5, 0.6) is 0 Å². The lowest BCUT2D eigenvalue weighted by atomic mass is 10.1. The lowest BCUT2D eigenvalue weighted by Crippen LogP contribution is -2.43. The third-order valence-electron chi connectivity index (χ3n) is 3.35. The van der Waals surface area contributed by atoms with Gasteiger partial charge in [-0.2, -0.15) is 0 Å². The number of carbonyl (C=O) groups is 1. The molecular weight excluding hydrogens is 278 g/mol. The smallest absolute Gasteiger partial charge is 0.256 e. The zero-order valence-corrected chi connectivity index (χ0v) is 12.4. The first kappa shape index (κ1) is 15.1. The zero-order chi connectivity index (χ0) is 14.5. The number of ether oxygens (including phenoxy) is 1. The molecule has 1 unspecified atom stereocenters. The minimum Gasteiger partial charge on any atom is -0.397 e. The molecule has 2 N–H and O–H groups in total. The standard InChI is InChI=1S/C14H20ClN3O2/c1-2-6-20-10-4-3-5-18(9-10)14(19)11-7-13(15)17-8-12(11)16/h7-8,10H,2-6,9,16H2,1H3. The Kier molecular flexibility index (Phi) is 5.20. The van der Waals surface area contributed by atoms with Gasteiger partial charge in [0, 0.05) is 19.7 Å². The summed E-state index contributed by atoms with van der Waals surface area (Å²) in [4.78, 5) is 18.1. The third-order valence-corrected chi connectivity index (χ3v) is 3.56. The fourth-order valence-corrected chi connectivity index (χ4v) is 2.50. The summed E-state index contributed by atoms with van der Waals surface area (Å²) in [6, 6.07) is 1.52. The molecule has 0 aliphatic carbocycles. The number of halogens is 1. The number of carbonyl (C=O) groups excluding carboxylic acids is 1. The number of nitrogen functional groups attached to an aromatic ring is 1. The number of rotatable bonds is 4. The van der Waals surface area contributed by atoms with Crippen molar-refractivity contribution in [2.24, 2.45) is 0 Å². The normalized spacial score (nSPS) is 19.1. The van der Waals surface area contributed by atoms with Crippen LogP contribution < -0.4 is 5.73 Å². The average molecular weight is 298 g/mol. The van der Waals surface area contributed by atoms with Crippen LogP contribution in [0.15, 0.2) is 12.3 Å². The number of pyridine rings is 1. The number of hydrogen-bond donors (Lipinski definition) is 1. The molecule has 1 amide bonds. The number of likely N-dealkylation sites (tertiary alicyclic amines) is 1. The largest absolute Gasteiger partial charge is 0.397 e. The molecule has 0 radical (unpaired) electrons. The number of nitrogens with zero attached hydrogens (tertiary/aromatic N) is 2. The highest BCUT2D eigenvalue weighted by Crippen LogP contribution is 2.21. The van der Waals surface area contributed by atoms with Crippen LogP contribution in [0.4, 0.5) is 5.69 Å². The number of aromatic nitrogens is 1. The molecule has 0 spiro atoms. The Bertz CT molecular complexity index is 481. The van der Waals surface area contributed by atoms with Crippen LogP contribution in [-0.2, 0) is 4.74 Å². The highest BCUT2D eigenvalue weighted by atomic mass is 35.5. The lowest BCUT2D eigenvalue weighted by molar-refractivity contribution is 0.00214. The quantitative estimate of drug-likeness (QED) is 0.866. The summed E-state index contributed by atoms with van der Waals surface area (Å²) in [7, 11) is 0. The van der Waals surface area contributed by atoms with Crippen LogP contribution in [0.3, 0.4) is 0 Å². The summed E-state index contributed by atoms with van der Waals surface area (Å²) in [6.45, 7) is 4.14. The summed E-state index contributed by atoms with van der Waals surface area (Å²) in [5.41, 5.74) is 6.59. The van der Waals surface area contributed by atoms with Gasteiger partial charge in [-0.1, -0.05) is 18.5 Å². The van der Waals surface area contributed by atoms with Crippen molar-refractivity contribution in [3.05, 3.63) is 23.0 Å². The van der Waals surface area contributed by atoms with E-state index in [-0.39, 0.29) is 17.2 Å². The van der Waals surface area contributed by atoms with E-state index in [9.17, 15) is 4.79 Å². The minimum absolute atomic E-state index is 0.100. The predicted molar refractivity (Wildman–Crippen MR) is 78.8 cm³/mol. The van der Waals surface area contributed by atoms with Gasteiger partial charge in [0.05, 0.1) is 23.6 Å². The van der Waals surface area contributed by atoms with Crippen molar-refractivity contribution in [2.75, 3.05) is 25.4 Å². The molecule has 0 aromatic carbocycles. The van der Waals surface area contributed by atoms with Crippen molar-refractivity contribution in [1.82, 2.24) is 9.88 Å². The van der Waals surface area contributed by atoms with E-state index in [2.05, 4.69) is 11.9 Å². The second kappa shape index (κ2) is 6.90. The molecule has 0 bridgehead atoms. The van der Waals surface area contributed by atoms with E-state index in [1.54, 1.807) is 4.90 Å². The van der Waals surface area contributed by atoms with E-state index < -0.39 is 0 Å². The van der Waals surface area contributed by atoms with Crippen LogP contribution in [0.25, 0.3) is 0 Å². The Morgan fingerprint density at radius 3 is 3.20 bits per heavy atom. The molecule has 1 atom stereocenters. The molecule has 1 fully saturated rings. The first-order valence-electron chi connectivity index (χ1n) is 6.93. The Hall–Kier alpha value is -1.33. The summed E-state index contributed by atoms with van der Waals surface area (Å²) >= 11 is 5.83. The van der Waals surface area contributed by atoms with Crippen molar-refractivity contribution in [2.45, 2.75) is 32.3 Å². The highest BCUT2D eigenvalue weighted by molar-refractivity contribution is 6.29. The molecule has 0 saturated carbocycles. The minimum atomic E-state index is -0.100. The van der Waals surface area contributed by atoms with Gasteiger partial charge in [0.15, 0.2) is 0 Å². The Morgan fingerprint density at radius 1 is 1.65 bits per heavy atom. The maximum Gasteiger partial charge on any atom is 0.256 e. The molecule has 1 aromatic rings. The number of hydrogen-bond acceptors (Lipinski definition) is 4. The van der Waals surface area contributed by atoms with Crippen molar-refractivity contribution < 1.29 is 9.53 Å². The van der Waals surface area contributed by atoms with E-state index in [0.717, 1.165) is 32.4 Å². The monoisotopic (exact) mass is 297 g/mol. The number of amides is 1. The van der Waals surface area contributed by atoms with Crippen LogP contribution in [0.2, 0.25) is 5.15 Å².